The predicted molar refractivity (Wildman–Crippen MR) is 83.1 cm³/mol. The number of rotatable bonds is 3. The van der Waals surface area contributed by atoms with Crippen molar-refractivity contribution in [1.29, 1.82) is 0 Å². The van der Waals surface area contributed by atoms with E-state index in [1.807, 2.05) is 19.2 Å². The highest BCUT2D eigenvalue weighted by Crippen LogP contribution is 2.43. The molecule has 1 aliphatic rings. The third-order valence-electron chi connectivity index (χ3n) is 5.01. The Balaban J connectivity index is 2.02. The zero-order chi connectivity index (χ0) is 14.8. The van der Waals surface area contributed by atoms with E-state index < -0.39 is 0 Å². The van der Waals surface area contributed by atoms with Crippen molar-refractivity contribution in [3.63, 3.8) is 0 Å². The van der Waals surface area contributed by atoms with E-state index in [-0.39, 0.29) is 5.82 Å². The minimum Gasteiger partial charge on any atom is -0.313 e. The first-order valence-electron chi connectivity index (χ1n) is 7.84. The molecule has 0 radical (unpaired) electrons. The minimum absolute atomic E-state index is 0.153. The Kier molecular flexibility index (Phi) is 4.85. The normalized spacial score (nSPS) is 25.4. The van der Waals surface area contributed by atoms with Gasteiger partial charge in [0.2, 0.25) is 0 Å². The van der Waals surface area contributed by atoms with Gasteiger partial charge in [0.1, 0.15) is 5.82 Å². The van der Waals surface area contributed by atoms with E-state index in [9.17, 15) is 4.39 Å². The first-order chi connectivity index (χ1) is 9.41. The molecule has 0 heterocycles. The molecule has 0 amide bonds. The number of hydrogen-bond acceptors (Lipinski definition) is 1. The standard InChI is InChI=1S/C18H28FN/c1-18(2,3)15-9-5-13(6-10-15)17(20-4)14-7-11-16(19)12-8-14/h7-8,11-13,15,17,20H,5-6,9-10H2,1-4H3. The van der Waals surface area contributed by atoms with Crippen molar-refractivity contribution >= 4 is 0 Å². The van der Waals surface area contributed by atoms with Gasteiger partial charge in [-0.05, 0) is 67.7 Å². The molecule has 2 heteroatoms. The van der Waals surface area contributed by atoms with Crippen LogP contribution in [0.15, 0.2) is 24.3 Å². The maximum atomic E-state index is 13.1. The first kappa shape index (κ1) is 15.5. The van der Waals surface area contributed by atoms with Crippen LogP contribution in [-0.4, -0.2) is 7.05 Å². The molecule has 2 rings (SSSR count). The fourth-order valence-corrected chi connectivity index (χ4v) is 3.66. The van der Waals surface area contributed by atoms with Crippen molar-refractivity contribution in [2.24, 2.45) is 17.3 Å². The van der Waals surface area contributed by atoms with E-state index in [2.05, 4.69) is 26.1 Å². The van der Waals surface area contributed by atoms with Gasteiger partial charge in [-0.1, -0.05) is 32.9 Å². The van der Waals surface area contributed by atoms with Crippen molar-refractivity contribution < 1.29 is 4.39 Å². The van der Waals surface area contributed by atoms with Gasteiger partial charge in [-0.25, -0.2) is 4.39 Å². The summed E-state index contributed by atoms with van der Waals surface area (Å²) >= 11 is 0. The quantitative estimate of drug-likeness (QED) is 0.825. The van der Waals surface area contributed by atoms with Crippen molar-refractivity contribution in [2.75, 3.05) is 7.05 Å². The molecule has 0 bridgehead atoms. The fraction of sp³-hybridized carbons (Fsp3) is 0.667. The molecule has 1 fully saturated rings. The van der Waals surface area contributed by atoms with Crippen LogP contribution < -0.4 is 5.32 Å². The number of nitrogens with one attached hydrogen (secondary N) is 1. The molecule has 1 N–H and O–H groups in total. The molecule has 0 spiro atoms. The predicted octanol–water partition coefficient (Wildman–Crippen LogP) is 4.94. The summed E-state index contributed by atoms with van der Waals surface area (Å²) in [5.41, 5.74) is 1.64. The number of halogens is 1. The Morgan fingerprint density at radius 3 is 2.05 bits per heavy atom. The van der Waals surface area contributed by atoms with E-state index in [4.69, 9.17) is 0 Å². The van der Waals surface area contributed by atoms with Gasteiger partial charge in [-0.2, -0.15) is 0 Å². The van der Waals surface area contributed by atoms with Crippen molar-refractivity contribution in [1.82, 2.24) is 5.32 Å². The van der Waals surface area contributed by atoms with Crippen LogP contribution in [0.4, 0.5) is 4.39 Å². The van der Waals surface area contributed by atoms with Gasteiger partial charge in [0, 0.05) is 6.04 Å². The summed E-state index contributed by atoms with van der Waals surface area (Å²) in [5.74, 6) is 1.36. The molecule has 1 saturated carbocycles. The average Bonchev–Trinajstić information content (AvgIpc) is 2.41. The first-order valence-corrected chi connectivity index (χ1v) is 7.84. The molecular formula is C18H28FN. The zero-order valence-electron chi connectivity index (χ0n) is 13.2. The van der Waals surface area contributed by atoms with E-state index in [1.54, 1.807) is 12.1 Å². The van der Waals surface area contributed by atoms with Gasteiger partial charge in [0.15, 0.2) is 0 Å². The Morgan fingerprint density at radius 2 is 1.60 bits per heavy atom. The van der Waals surface area contributed by atoms with Crippen LogP contribution in [-0.2, 0) is 0 Å². The SMILES string of the molecule is CNC(c1ccc(F)cc1)C1CCC(C(C)(C)C)CC1. The maximum absolute atomic E-state index is 13.1. The Morgan fingerprint density at radius 1 is 1.05 bits per heavy atom. The van der Waals surface area contributed by atoms with Gasteiger partial charge >= 0.3 is 0 Å². The molecule has 0 aliphatic heterocycles. The van der Waals surface area contributed by atoms with E-state index >= 15 is 0 Å². The fourth-order valence-electron chi connectivity index (χ4n) is 3.66. The lowest BCUT2D eigenvalue weighted by Gasteiger charge is -2.39. The Labute approximate surface area is 123 Å². The molecular weight excluding hydrogens is 249 g/mol. The lowest BCUT2D eigenvalue weighted by molar-refractivity contribution is 0.134. The van der Waals surface area contributed by atoms with E-state index in [0.717, 1.165) is 5.92 Å². The summed E-state index contributed by atoms with van der Waals surface area (Å²) < 4.78 is 13.1. The largest absolute Gasteiger partial charge is 0.313 e. The third-order valence-corrected chi connectivity index (χ3v) is 5.01. The zero-order valence-corrected chi connectivity index (χ0v) is 13.2. The van der Waals surface area contributed by atoms with Crippen molar-refractivity contribution in [3.8, 4) is 0 Å². The van der Waals surface area contributed by atoms with Crippen molar-refractivity contribution in [2.45, 2.75) is 52.5 Å². The summed E-state index contributed by atoms with van der Waals surface area (Å²) in [7, 11) is 2.02. The highest BCUT2D eigenvalue weighted by atomic mass is 19.1. The molecule has 1 aromatic carbocycles. The summed E-state index contributed by atoms with van der Waals surface area (Å²) in [4.78, 5) is 0. The second-order valence-corrected chi connectivity index (χ2v) is 7.30. The van der Waals surface area contributed by atoms with Gasteiger partial charge in [0.05, 0.1) is 0 Å². The van der Waals surface area contributed by atoms with Crippen LogP contribution in [0, 0.1) is 23.1 Å². The molecule has 0 aromatic heterocycles. The van der Waals surface area contributed by atoms with Crippen LogP contribution in [0.1, 0.15) is 58.1 Å². The van der Waals surface area contributed by atoms with Gasteiger partial charge in [-0.15, -0.1) is 0 Å². The lowest BCUT2D eigenvalue weighted by atomic mass is 9.68. The van der Waals surface area contributed by atoms with E-state index in [1.165, 1.54) is 31.2 Å². The Hall–Kier alpha value is -0.890. The van der Waals surface area contributed by atoms with Gasteiger partial charge in [0.25, 0.3) is 0 Å². The smallest absolute Gasteiger partial charge is 0.123 e. The van der Waals surface area contributed by atoms with Crippen LogP contribution in [0.5, 0.6) is 0 Å². The monoisotopic (exact) mass is 277 g/mol. The number of benzene rings is 1. The van der Waals surface area contributed by atoms with Gasteiger partial charge < -0.3 is 5.32 Å². The molecule has 1 nitrogen and oxygen atoms in total. The summed E-state index contributed by atoms with van der Waals surface area (Å²) in [5, 5.41) is 3.44. The molecule has 1 atom stereocenters. The Bertz CT molecular complexity index is 410. The maximum Gasteiger partial charge on any atom is 0.123 e. The molecule has 112 valence electrons. The van der Waals surface area contributed by atoms with Crippen LogP contribution >= 0.6 is 0 Å². The van der Waals surface area contributed by atoms with Crippen LogP contribution in [0.25, 0.3) is 0 Å². The molecule has 1 aliphatic carbocycles. The highest BCUT2D eigenvalue weighted by molar-refractivity contribution is 5.20. The lowest BCUT2D eigenvalue weighted by Crippen LogP contribution is -2.32. The van der Waals surface area contributed by atoms with Gasteiger partial charge in [-0.3, -0.25) is 0 Å². The van der Waals surface area contributed by atoms with Crippen LogP contribution in [0.3, 0.4) is 0 Å². The molecule has 0 saturated heterocycles. The topological polar surface area (TPSA) is 12.0 Å². The molecule has 1 unspecified atom stereocenters. The summed E-state index contributed by atoms with van der Waals surface area (Å²) in [6.45, 7) is 7.06. The third kappa shape index (κ3) is 3.60. The molecule has 20 heavy (non-hydrogen) atoms. The van der Waals surface area contributed by atoms with Crippen LogP contribution in [0.2, 0.25) is 0 Å². The second kappa shape index (κ2) is 6.26. The summed E-state index contributed by atoms with van der Waals surface area (Å²) in [6, 6.07) is 7.34. The number of hydrogen-bond donors (Lipinski definition) is 1. The minimum atomic E-state index is -0.153. The average molecular weight is 277 g/mol. The second-order valence-electron chi connectivity index (χ2n) is 7.30. The molecule has 1 aromatic rings. The highest BCUT2D eigenvalue weighted by Gasteiger charge is 2.32. The van der Waals surface area contributed by atoms with Crippen molar-refractivity contribution in [3.05, 3.63) is 35.6 Å². The summed E-state index contributed by atoms with van der Waals surface area (Å²) in [6.07, 6.45) is 5.16. The van der Waals surface area contributed by atoms with E-state index in [0.29, 0.717) is 17.4 Å².